The lowest BCUT2D eigenvalue weighted by Crippen LogP contribution is -2.09. The van der Waals surface area contributed by atoms with Crippen LogP contribution in [0.4, 0.5) is 17.2 Å². The first-order chi connectivity index (χ1) is 15.0. The van der Waals surface area contributed by atoms with Crippen LogP contribution in [0.15, 0.2) is 72.9 Å². The highest BCUT2D eigenvalue weighted by Crippen LogP contribution is 2.27. The van der Waals surface area contributed by atoms with Crippen LogP contribution in [0.2, 0.25) is 0 Å². The molecule has 156 valence electrons. The molecule has 0 aliphatic heterocycles. The largest absolute Gasteiger partial charge is 0.340 e. The summed E-state index contributed by atoms with van der Waals surface area (Å²) in [6, 6.07) is 21.9. The Morgan fingerprint density at radius 1 is 0.968 bits per heavy atom. The Hall–Kier alpha value is -3.93. The van der Waals surface area contributed by atoms with Gasteiger partial charge in [0.25, 0.3) is 0 Å². The second kappa shape index (κ2) is 8.83. The van der Waals surface area contributed by atoms with E-state index in [1.54, 1.807) is 6.20 Å². The van der Waals surface area contributed by atoms with E-state index in [1.165, 1.54) is 5.56 Å². The van der Waals surface area contributed by atoms with Crippen LogP contribution >= 0.6 is 0 Å². The van der Waals surface area contributed by atoms with E-state index >= 15 is 0 Å². The molecule has 0 bridgehead atoms. The van der Waals surface area contributed by atoms with Gasteiger partial charge in [-0.05, 0) is 74.0 Å². The van der Waals surface area contributed by atoms with Crippen LogP contribution < -0.4 is 10.6 Å². The lowest BCUT2D eigenvalue weighted by atomic mass is 10.1. The Labute approximate surface area is 182 Å². The standard InChI is InChI=1S/C25H25N5O/c1-4-25(31)28-21-10-8-20(9-11-21)27-24-16-19(12-13-26-24)23-15-18(3)29-30(23)22-7-5-6-17(2)14-22/h5-16H,4H2,1-3H3,(H,26,27)(H,28,31). The van der Waals surface area contributed by atoms with Gasteiger partial charge in [-0.3, -0.25) is 4.79 Å². The molecule has 0 spiro atoms. The van der Waals surface area contributed by atoms with Crippen molar-refractivity contribution in [2.75, 3.05) is 10.6 Å². The van der Waals surface area contributed by atoms with Crippen LogP contribution in [0.1, 0.15) is 24.6 Å². The van der Waals surface area contributed by atoms with Crippen LogP contribution in [-0.2, 0) is 4.79 Å². The lowest BCUT2D eigenvalue weighted by molar-refractivity contribution is -0.115. The van der Waals surface area contributed by atoms with Gasteiger partial charge in [0.15, 0.2) is 0 Å². The third-order valence-corrected chi connectivity index (χ3v) is 4.90. The third kappa shape index (κ3) is 4.80. The maximum Gasteiger partial charge on any atom is 0.224 e. The second-order valence-corrected chi connectivity index (χ2v) is 7.46. The Morgan fingerprint density at radius 3 is 2.48 bits per heavy atom. The lowest BCUT2D eigenvalue weighted by Gasteiger charge is -2.11. The topological polar surface area (TPSA) is 71.8 Å². The number of aryl methyl sites for hydroxylation is 2. The molecule has 2 heterocycles. The summed E-state index contributed by atoms with van der Waals surface area (Å²) in [6.07, 6.45) is 2.24. The zero-order chi connectivity index (χ0) is 21.8. The van der Waals surface area contributed by atoms with Crippen molar-refractivity contribution < 1.29 is 4.79 Å². The highest BCUT2D eigenvalue weighted by Gasteiger charge is 2.11. The Balaban J connectivity index is 1.59. The van der Waals surface area contributed by atoms with Gasteiger partial charge in [0.05, 0.1) is 17.1 Å². The Morgan fingerprint density at radius 2 is 1.74 bits per heavy atom. The van der Waals surface area contributed by atoms with E-state index in [2.05, 4.69) is 46.8 Å². The van der Waals surface area contributed by atoms with Gasteiger partial charge < -0.3 is 10.6 Å². The van der Waals surface area contributed by atoms with E-state index < -0.39 is 0 Å². The fraction of sp³-hybridized carbons (Fsp3) is 0.160. The first kappa shape index (κ1) is 20.3. The van der Waals surface area contributed by atoms with Gasteiger partial charge in [0.2, 0.25) is 5.91 Å². The van der Waals surface area contributed by atoms with Gasteiger partial charge >= 0.3 is 0 Å². The number of hydrogen-bond donors (Lipinski definition) is 2. The molecule has 6 nitrogen and oxygen atoms in total. The number of aromatic nitrogens is 3. The van der Waals surface area contributed by atoms with Crippen molar-refractivity contribution in [3.8, 4) is 16.9 Å². The van der Waals surface area contributed by atoms with Crippen molar-refractivity contribution in [3.63, 3.8) is 0 Å². The molecule has 0 aliphatic carbocycles. The molecule has 31 heavy (non-hydrogen) atoms. The third-order valence-electron chi connectivity index (χ3n) is 4.90. The van der Waals surface area contributed by atoms with Crippen LogP contribution in [-0.4, -0.2) is 20.7 Å². The second-order valence-electron chi connectivity index (χ2n) is 7.46. The molecule has 0 saturated carbocycles. The van der Waals surface area contributed by atoms with E-state index in [1.807, 2.05) is 61.0 Å². The summed E-state index contributed by atoms with van der Waals surface area (Å²) >= 11 is 0. The smallest absolute Gasteiger partial charge is 0.224 e. The summed E-state index contributed by atoms with van der Waals surface area (Å²) in [5.41, 5.74) is 6.86. The highest BCUT2D eigenvalue weighted by atomic mass is 16.1. The maximum absolute atomic E-state index is 11.5. The molecule has 2 aromatic heterocycles. The number of carbonyl (C=O) groups excluding carboxylic acids is 1. The fourth-order valence-electron chi connectivity index (χ4n) is 3.35. The molecule has 2 N–H and O–H groups in total. The van der Waals surface area contributed by atoms with Crippen molar-refractivity contribution in [1.82, 2.24) is 14.8 Å². The number of nitrogens with one attached hydrogen (secondary N) is 2. The van der Waals surface area contributed by atoms with Crippen molar-refractivity contribution >= 4 is 23.1 Å². The molecule has 0 atom stereocenters. The summed E-state index contributed by atoms with van der Waals surface area (Å²) in [4.78, 5) is 16.0. The number of carbonyl (C=O) groups is 1. The summed E-state index contributed by atoms with van der Waals surface area (Å²) in [5.74, 6) is 0.730. The summed E-state index contributed by atoms with van der Waals surface area (Å²) in [6.45, 7) is 5.90. The number of hydrogen-bond acceptors (Lipinski definition) is 4. The molecule has 0 fully saturated rings. The fourth-order valence-corrected chi connectivity index (χ4v) is 3.35. The number of rotatable bonds is 6. The van der Waals surface area contributed by atoms with Crippen LogP contribution in [0.5, 0.6) is 0 Å². The Kier molecular flexibility index (Phi) is 5.80. The molecule has 6 heteroatoms. The zero-order valence-corrected chi connectivity index (χ0v) is 17.9. The predicted molar refractivity (Wildman–Crippen MR) is 125 cm³/mol. The molecular weight excluding hydrogens is 386 g/mol. The van der Waals surface area contributed by atoms with Crippen molar-refractivity contribution in [3.05, 3.63) is 84.2 Å². The predicted octanol–water partition coefficient (Wildman–Crippen LogP) is 5.64. The summed E-state index contributed by atoms with van der Waals surface area (Å²) < 4.78 is 1.96. The summed E-state index contributed by atoms with van der Waals surface area (Å²) in [7, 11) is 0. The monoisotopic (exact) mass is 411 g/mol. The molecule has 2 aromatic carbocycles. The van der Waals surface area contributed by atoms with Gasteiger partial charge in [-0.1, -0.05) is 19.1 Å². The number of anilines is 3. The van der Waals surface area contributed by atoms with Crippen molar-refractivity contribution in [2.45, 2.75) is 27.2 Å². The first-order valence-electron chi connectivity index (χ1n) is 10.3. The quantitative estimate of drug-likeness (QED) is 0.430. The summed E-state index contributed by atoms with van der Waals surface area (Å²) in [5, 5.41) is 10.9. The molecule has 0 saturated heterocycles. The molecule has 4 rings (SSSR count). The highest BCUT2D eigenvalue weighted by molar-refractivity contribution is 5.90. The van der Waals surface area contributed by atoms with Crippen LogP contribution in [0.25, 0.3) is 16.9 Å². The molecular formula is C25H25N5O. The van der Waals surface area contributed by atoms with Crippen molar-refractivity contribution in [2.24, 2.45) is 0 Å². The normalized spacial score (nSPS) is 10.7. The SMILES string of the molecule is CCC(=O)Nc1ccc(Nc2cc(-c3cc(C)nn3-c3cccc(C)c3)ccn2)cc1. The molecule has 0 unspecified atom stereocenters. The minimum atomic E-state index is -0.00408. The van der Waals surface area contributed by atoms with Crippen LogP contribution in [0, 0.1) is 13.8 Å². The van der Waals surface area contributed by atoms with Gasteiger partial charge in [0.1, 0.15) is 5.82 Å². The van der Waals surface area contributed by atoms with Crippen molar-refractivity contribution in [1.29, 1.82) is 0 Å². The maximum atomic E-state index is 11.5. The van der Waals surface area contributed by atoms with Gasteiger partial charge in [-0.2, -0.15) is 5.10 Å². The van der Waals surface area contributed by atoms with Gasteiger partial charge in [-0.25, -0.2) is 9.67 Å². The van der Waals surface area contributed by atoms with E-state index in [0.29, 0.717) is 6.42 Å². The number of pyridine rings is 1. The first-order valence-corrected chi connectivity index (χ1v) is 10.3. The number of benzene rings is 2. The van der Waals surface area contributed by atoms with Gasteiger partial charge in [-0.15, -0.1) is 0 Å². The molecule has 0 radical (unpaired) electrons. The van der Waals surface area contributed by atoms with Crippen LogP contribution in [0.3, 0.4) is 0 Å². The molecule has 4 aromatic rings. The minimum Gasteiger partial charge on any atom is -0.340 e. The molecule has 0 aliphatic rings. The number of nitrogens with zero attached hydrogens (tertiary/aromatic N) is 3. The average Bonchev–Trinajstić information content (AvgIpc) is 3.17. The van der Waals surface area contributed by atoms with E-state index in [0.717, 1.165) is 39.8 Å². The van der Waals surface area contributed by atoms with E-state index in [-0.39, 0.29) is 5.91 Å². The van der Waals surface area contributed by atoms with E-state index in [4.69, 9.17) is 5.10 Å². The minimum absolute atomic E-state index is 0.00408. The zero-order valence-electron chi connectivity index (χ0n) is 17.9. The average molecular weight is 412 g/mol. The van der Waals surface area contributed by atoms with Gasteiger partial charge in [0, 0.05) is 29.6 Å². The van der Waals surface area contributed by atoms with E-state index in [9.17, 15) is 4.79 Å². The molecule has 1 amide bonds. The Bertz CT molecular complexity index is 1210. The number of amides is 1.